The van der Waals surface area contributed by atoms with Crippen molar-refractivity contribution in [3.8, 4) is 5.75 Å². The van der Waals surface area contributed by atoms with Crippen LogP contribution in [0, 0.1) is 6.92 Å². The maximum atomic E-state index is 10.5. The van der Waals surface area contributed by atoms with Crippen LogP contribution in [-0.2, 0) is 16.1 Å². The number of likely N-dealkylation sites (tertiary alicyclic amines) is 1. The van der Waals surface area contributed by atoms with Gasteiger partial charge in [0, 0.05) is 19.6 Å². The molecule has 1 aromatic carbocycles. The van der Waals surface area contributed by atoms with E-state index in [2.05, 4.69) is 17.0 Å². The van der Waals surface area contributed by atoms with Gasteiger partial charge in [0.05, 0.1) is 13.2 Å². The second kappa shape index (κ2) is 7.43. The number of nitrogens with zero attached hydrogens (tertiary/aromatic N) is 1. The number of hydrogen-bond acceptors (Lipinski definition) is 4. The van der Waals surface area contributed by atoms with Crippen molar-refractivity contribution in [2.75, 3.05) is 26.8 Å². The number of methoxy groups -OCH3 is 1. The molecule has 1 aliphatic heterocycles. The van der Waals surface area contributed by atoms with Crippen LogP contribution in [0.5, 0.6) is 5.75 Å². The van der Waals surface area contributed by atoms with Crippen LogP contribution < -0.4 is 4.74 Å². The summed E-state index contributed by atoms with van der Waals surface area (Å²) < 4.78 is 10.6. The minimum Gasteiger partial charge on any atom is -0.496 e. The van der Waals surface area contributed by atoms with Gasteiger partial charge in [0.2, 0.25) is 0 Å². The van der Waals surface area contributed by atoms with Crippen LogP contribution in [0.15, 0.2) is 18.2 Å². The van der Waals surface area contributed by atoms with Gasteiger partial charge in [-0.3, -0.25) is 4.90 Å². The molecule has 1 aromatic rings. The lowest BCUT2D eigenvalue weighted by Crippen LogP contribution is -2.37. The van der Waals surface area contributed by atoms with E-state index in [-0.39, 0.29) is 12.7 Å². The maximum Gasteiger partial charge on any atom is 0.329 e. The molecular formula is C16H23NO4. The lowest BCUT2D eigenvalue weighted by Gasteiger charge is -2.31. The topological polar surface area (TPSA) is 59.0 Å². The molecule has 2 rings (SSSR count). The van der Waals surface area contributed by atoms with Crippen molar-refractivity contribution in [2.24, 2.45) is 0 Å². The third-order valence-corrected chi connectivity index (χ3v) is 3.84. The summed E-state index contributed by atoms with van der Waals surface area (Å²) in [4.78, 5) is 12.9. The maximum absolute atomic E-state index is 10.5. The van der Waals surface area contributed by atoms with Crippen LogP contribution >= 0.6 is 0 Å². The number of carbonyl (C=O) groups is 1. The Balaban J connectivity index is 1.80. The van der Waals surface area contributed by atoms with Gasteiger partial charge in [-0.1, -0.05) is 12.1 Å². The number of aliphatic carboxylic acids is 1. The van der Waals surface area contributed by atoms with Crippen molar-refractivity contribution < 1.29 is 19.4 Å². The lowest BCUT2D eigenvalue weighted by atomic mass is 10.1. The predicted octanol–water partition coefficient (Wildman–Crippen LogP) is 2.07. The quantitative estimate of drug-likeness (QED) is 0.870. The molecule has 5 heteroatoms. The third kappa shape index (κ3) is 4.72. The molecule has 1 fully saturated rings. The van der Waals surface area contributed by atoms with Gasteiger partial charge >= 0.3 is 5.97 Å². The Morgan fingerprint density at radius 3 is 2.67 bits per heavy atom. The fraction of sp³-hybridized carbons (Fsp3) is 0.562. The highest BCUT2D eigenvalue weighted by molar-refractivity contribution is 5.68. The Morgan fingerprint density at radius 2 is 2.10 bits per heavy atom. The Hall–Kier alpha value is -1.59. The largest absolute Gasteiger partial charge is 0.496 e. The number of carboxylic acids is 1. The zero-order valence-corrected chi connectivity index (χ0v) is 12.7. The predicted molar refractivity (Wildman–Crippen MR) is 79.6 cm³/mol. The minimum absolute atomic E-state index is 0.0787. The number of rotatable bonds is 6. The second-order valence-electron chi connectivity index (χ2n) is 5.48. The molecule has 1 N–H and O–H groups in total. The van der Waals surface area contributed by atoms with Gasteiger partial charge in [-0.2, -0.15) is 0 Å². The Labute approximate surface area is 125 Å². The molecule has 0 spiro atoms. The Kier molecular flexibility index (Phi) is 5.59. The first-order valence-corrected chi connectivity index (χ1v) is 7.27. The van der Waals surface area contributed by atoms with E-state index in [9.17, 15) is 4.79 Å². The average Bonchev–Trinajstić information content (AvgIpc) is 2.47. The van der Waals surface area contributed by atoms with E-state index in [1.807, 2.05) is 13.0 Å². The summed E-state index contributed by atoms with van der Waals surface area (Å²) in [6, 6.07) is 6.26. The van der Waals surface area contributed by atoms with Crippen LogP contribution in [-0.4, -0.2) is 48.9 Å². The lowest BCUT2D eigenvalue weighted by molar-refractivity contribution is -0.145. The van der Waals surface area contributed by atoms with Crippen molar-refractivity contribution in [1.29, 1.82) is 0 Å². The molecule has 0 aromatic heterocycles. The average molecular weight is 293 g/mol. The molecular weight excluding hydrogens is 270 g/mol. The first kappa shape index (κ1) is 15.8. The number of hydrogen-bond donors (Lipinski definition) is 1. The van der Waals surface area contributed by atoms with Gasteiger partial charge in [0.25, 0.3) is 0 Å². The van der Waals surface area contributed by atoms with Gasteiger partial charge < -0.3 is 14.6 Å². The normalized spacial score (nSPS) is 16.9. The number of piperidine rings is 1. The first-order valence-electron chi connectivity index (χ1n) is 7.27. The summed E-state index contributed by atoms with van der Waals surface area (Å²) >= 11 is 0. The molecule has 0 amide bonds. The molecule has 0 unspecified atom stereocenters. The molecule has 0 bridgehead atoms. The standard InChI is InChI=1S/C16H23NO4/c1-12-9-13(3-4-15(12)20-2)10-17-7-5-14(6-8-17)21-11-16(18)19/h3-4,9,14H,5-8,10-11H2,1-2H3,(H,18,19). The van der Waals surface area contributed by atoms with Gasteiger partial charge in [0.1, 0.15) is 12.4 Å². The molecule has 0 saturated carbocycles. The van der Waals surface area contributed by atoms with Crippen LogP contribution in [0.25, 0.3) is 0 Å². The molecule has 0 atom stereocenters. The van der Waals surface area contributed by atoms with Crippen LogP contribution in [0.3, 0.4) is 0 Å². The zero-order valence-electron chi connectivity index (χ0n) is 12.7. The van der Waals surface area contributed by atoms with Crippen molar-refractivity contribution in [3.05, 3.63) is 29.3 Å². The summed E-state index contributed by atoms with van der Waals surface area (Å²) in [5.74, 6) is 0.0191. The van der Waals surface area contributed by atoms with E-state index < -0.39 is 5.97 Å². The third-order valence-electron chi connectivity index (χ3n) is 3.84. The summed E-state index contributed by atoms with van der Waals surface area (Å²) in [6.07, 6.45) is 1.86. The molecule has 1 heterocycles. The Morgan fingerprint density at radius 1 is 1.38 bits per heavy atom. The molecule has 1 saturated heterocycles. The zero-order chi connectivity index (χ0) is 15.2. The van der Waals surface area contributed by atoms with Gasteiger partial charge in [-0.05, 0) is 37.0 Å². The summed E-state index contributed by atoms with van der Waals surface area (Å²) in [5.41, 5.74) is 2.42. The summed E-state index contributed by atoms with van der Waals surface area (Å²) in [7, 11) is 1.68. The minimum atomic E-state index is -0.897. The number of aryl methyl sites for hydroxylation is 1. The van der Waals surface area contributed by atoms with Crippen LogP contribution in [0.1, 0.15) is 24.0 Å². The number of carboxylic acid groups (broad SMARTS) is 1. The van der Waals surface area contributed by atoms with Crippen molar-refractivity contribution in [1.82, 2.24) is 4.90 Å². The molecule has 5 nitrogen and oxygen atoms in total. The molecule has 1 aliphatic rings. The van der Waals surface area contributed by atoms with E-state index in [1.165, 1.54) is 5.56 Å². The van der Waals surface area contributed by atoms with Crippen LogP contribution in [0.4, 0.5) is 0 Å². The number of benzene rings is 1. The highest BCUT2D eigenvalue weighted by atomic mass is 16.5. The van der Waals surface area contributed by atoms with Gasteiger partial charge in [-0.25, -0.2) is 4.79 Å². The highest BCUT2D eigenvalue weighted by Crippen LogP contribution is 2.21. The van der Waals surface area contributed by atoms with E-state index in [0.717, 1.165) is 43.8 Å². The van der Waals surface area contributed by atoms with E-state index in [4.69, 9.17) is 14.6 Å². The smallest absolute Gasteiger partial charge is 0.329 e. The first-order chi connectivity index (χ1) is 10.1. The summed E-state index contributed by atoms with van der Waals surface area (Å²) in [6.45, 7) is 4.65. The molecule has 0 radical (unpaired) electrons. The van der Waals surface area contributed by atoms with Crippen LogP contribution in [0.2, 0.25) is 0 Å². The summed E-state index contributed by atoms with van der Waals surface area (Å²) in [5, 5.41) is 8.61. The fourth-order valence-electron chi connectivity index (χ4n) is 2.72. The van der Waals surface area contributed by atoms with Crippen molar-refractivity contribution in [3.63, 3.8) is 0 Å². The fourth-order valence-corrected chi connectivity index (χ4v) is 2.72. The SMILES string of the molecule is COc1ccc(CN2CCC(OCC(=O)O)CC2)cc1C. The van der Waals surface area contributed by atoms with Gasteiger partial charge in [0.15, 0.2) is 0 Å². The second-order valence-corrected chi connectivity index (χ2v) is 5.48. The molecule has 0 aliphatic carbocycles. The van der Waals surface area contributed by atoms with E-state index in [0.29, 0.717) is 0 Å². The van der Waals surface area contributed by atoms with Crippen molar-refractivity contribution in [2.45, 2.75) is 32.4 Å². The number of ether oxygens (including phenoxy) is 2. The highest BCUT2D eigenvalue weighted by Gasteiger charge is 2.20. The molecule has 21 heavy (non-hydrogen) atoms. The van der Waals surface area contributed by atoms with Gasteiger partial charge in [-0.15, -0.1) is 0 Å². The Bertz CT molecular complexity index is 481. The van der Waals surface area contributed by atoms with E-state index in [1.54, 1.807) is 7.11 Å². The van der Waals surface area contributed by atoms with Crippen molar-refractivity contribution >= 4 is 5.97 Å². The molecule has 116 valence electrons. The van der Waals surface area contributed by atoms with E-state index >= 15 is 0 Å². The monoisotopic (exact) mass is 293 g/mol.